The zero-order chi connectivity index (χ0) is 17.9. The van der Waals surface area contributed by atoms with Gasteiger partial charge in [0.25, 0.3) is 0 Å². The number of phenolic OH excluding ortho intramolecular Hbond substituents is 2. The normalized spacial score (nSPS) is 9.75. The Morgan fingerprint density at radius 1 is 0.833 bits per heavy atom. The van der Waals surface area contributed by atoms with Crippen molar-refractivity contribution >= 4 is 18.0 Å². The van der Waals surface area contributed by atoms with Crippen LogP contribution < -0.4 is 0 Å². The van der Waals surface area contributed by atoms with Crippen LogP contribution in [0.1, 0.15) is 15.9 Å². The van der Waals surface area contributed by atoms with Crippen molar-refractivity contribution in [1.29, 1.82) is 0 Å². The molecular formula is C18H18O6. The SMILES string of the molecule is COC(=O)/C=C/c1ccc(O)cc1.COC(=O)c1ccc(O)cc1. The van der Waals surface area contributed by atoms with Gasteiger partial charge in [-0.2, -0.15) is 0 Å². The molecule has 0 aromatic heterocycles. The lowest BCUT2D eigenvalue weighted by molar-refractivity contribution is -0.134. The standard InChI is InChI=1S/C10H10O3.C8H8O3/c1-13-10(12)7-4-8-2-5-9(11)6-3-8;1-11-8(10)6-2-4-7(9)5-3-6/h2-7,11H,1H3;2-5,9H,1H3/b7-4+;. The number of esters is 2. The Labute approximate surface area is 139 Å². The van der Waals surface area contributed by atoms with E-state index in [0.29, 0.717) is 5.56 Å². The van der Waals surface area contributed by atoms with Gasteiger partial charge in [0, 0.05) is 6.08 Å². The largest absolute Gasteiger partial charge is 0.508 e. The molecule has 0 heterocycles. The summed E-state index contributed by atoms with van der Waals surface area (Å²) in [5, 5.41) is 17.8. The molecule has 0 spiro atoms. The van der Waals surface area contributed by atoms with Crippen LogP contribution in [0, 0.1) is 0 Å². The Morgan fingerprint density at radius 2 is 1.33 bits per heavy atom. The van der Waals surface area contributed by atoms with E-state index in [2.05, 4.69) is 9.47 Å². The molecular weight excluding hydrogens is 312 g/mol. The van der Waals surface area contributed by atoms with Crippen molar-refractivity contribution < 1.29 is 29.3 Å². The third kappa shape index (κ3) is 6.65. The summed E-state index contributed by atoms with van der Waals surface area (Å²) in [5.74, 6) is -0.453. The van der Waals surface area contributed by atoms with Gasteiger partial charge in [-0.25, -0.2) is 9.59 Å². The predicted molar refractivity (Wildman–Crippen MR) is 88.6 cm³/mol. The van der Waals surface area contributed by atoms with Gasteiger partial charge in [-0.3, -0.25) is 0 Å². The highest BCUT2D eigenvalue weighted by Gasteiger charge is 2.02. The highest BCUT2D eigenvalue weighted by Crippen LogP contribution is 2.11. The van der Waals surface area contributed by atoms with Gasteiger partial charge in [0.15, 0.2) is 0 Å². The van der Waals surface area contributed by atoms with Gasteiger partial charge in [-0.15, -0.1) is 0 Å². The number of carbonyl (C=O) groups is 2. The Kier molecular flexibility index (Phi) is 7.57. The lowest BCUT2D eigenvalue weighted by Gasteiger charge is -1.97. The van der Waals surface area contributed by atoms with E-state index < -0.39 is 11.9 Å². The molecule has 126 valence electrons. The van der Waals surface area contributed by atoms with E-state index in [4.69, 9.17) is 10.2 Å². The minimum absolute atomic E-state index is 0.137. The molecule has 6 heteroatoms. The maximum Gasteiger partial charge on any atom is 0.337 e. The van der Waals surface area contributed by atoms with Crippen molar-refractivity contribution in [1.82, 2.24) is 0 Å². The number of ether oxygens (including phenoxy) is 2. The molecule has 0 unspecified atom stereocenters. The van der Waals surface area contributed by atoms with E-state index in [0.717, 1.165) is 5.56 Å². The van der Waals surface area contributed by atoms with Gasteiger partial charge in [0.05, 0.1) is 19.8 Å². The van der Waals surface area contributed by atoms with Crippen molar-refractivity contribution in [2.45, 2.75) is 0 Å². The minimum Gasteiger partial charge on any atom is -0.508 e. The smallest absolute Gasteiger partial charge is 0.337 e. The number of phenols is 2. The number of aromatic hydroxyl groups is 2. The summed E-state index contributed by atoms with van der Waals surface area (Å²) in [6.45, 7) is 0. The van der Waals surface area contributed by atoms with Crippen molar-refractivity contribution in [2.24, 2.45) is 0 Å². The average molecular weight is 330 g/mol. The topological polar surface area (TPSA) is 93.1 Å². The predicted octanol–water partition coefficient (Wildman–Crippen LogP) is 2.76. The first kappa shape index (κ1) is 18.8. The van der Waals surface area contributed by atoms with E-state index in [1.807, 2.05) is 0 Å². The quantitative estimate of drug-likeness (QED) is 0.664. The molecule has 0 aliphatic rings. The van der Waals surface area contributed by atoms with Crippen LogP contribution in [0.2, 0.25) is 0 Å². The van der Waals surface area contributed by atoms with Crippen molar-refractivity contribution in [3.05, 3.63) is 65.7 Å². The Bertz CT molecular complexity index is 686. The van der Waals surface area contributed by atoms with E-state index >= 15 is 0 Å². The highest BCUT2D eigenvalue weighted by molar-refractivity contribution is 5.89. The van der Waals surface area contributed by atoms with E-state index in [1.165, 1.54) is 44.6 Å². The first-order valence-electron chi connectivity index (χ1n) is 6.88. The first-order valence-corrected chi connectivity index (χ1v) is 6.88. The molecule has 0 aliphatic carbocycles. The molecule has 24 heavy (non-hydrogen) atoms. The maximum atomic E-state index is 10.8. The van der Waals surface area contributed by atoms with Gasteiger partial charge in [0.1, 0.15) is 11.5 Å². The Morgan fingerprint density at radius 3 is 1.79 bits per heavy atom. The van der Waals surface area contributed by atoms with Crippen molar-refractivity contribution in [3.8, 4) is 11.5 Å². The van der Waals surface area contributed by atoms with Crippen molar-refractivity contribution in [3.63, 3.8) is 0 Å². The highest BCUT2D eigenvalue weighted by atomic mass is 16.5. The molecule has 0 atom stereocenters. The second-order valence-electron chi connectivity index (χ2n) is 4.49. The van der Waals surface area contributed by atoms with Gasteiger partial charge >= 0.3 is 11.9 Å². The number of carbonyl (C=O) groups excluding carboxylic acids is 2. The fourth-order valence-corrected chi connectivity index (χ4v) is 1.53. The molecule has 0 fully saturated rings. The summed E-state index contributed by atoms with van der Waals surface area (Å²) < 4.78 is 8.88. The monoisotopic (exact) mass is 330 g/mol. The molecule has 0 bridgehead atoms. The summed E-state index contributed by atoms with van der Waals surface area (Å²) in [7, 11) is 2.64. The summed E-state index contributed by atoms with van der Waals surface area (Å²) in [5.41, 5.74) is 1.27. The molecule has 2 aromatic carbocycles. The van der Waals surface area contributed by atoms with Crippen LogP contribution in [0.25, 0.3) is 6.08 Å². The fourth-order valence-electron chi connectivity index (χ4n) is 1.53. The van der Waals surface area contributed by atoms with Crippen LogP contribution in [0.5, 0.6) is 11.5 Å². The van der Waals surface area contributed by atoms with Crippen LogP contribution >= 0.6 is 0 Å². The minimum atomic E-state index is -0.398. The molecule has 6 nitrogen and oxygen atoms in total. The average Bonchev–Trinajstić information content (AvgIpc) is 2.61. The lowest BCUT2D eigenvalue weighted by Crippen LogP contribution is -1.99. The molecule has 0 radical (unpaired) electrons. The van der Waals surface area contributed by atoms with Crippen LogP contribution in [0.4, 0.5) is 0 Å². The molecule has 2 aromatic rings. The first-order chi connectivity index (χ1) is 11.5. The zero-order valence-electron chi connectivity index (χ0n) is 13.3. The molecule has 0 amide bonds. The van der Waals surface area contributed by atoms with Gasteiger partial charge in [-0.05, 0) is 48.0 Å². The summed E-state index contributed by atoms with van der Waals surface area (Å²) in [6.07, 6.45) is 2.94. The number of methoxy groups -OCH3 is 2. The van der Waals surface area contributed by atoms with E-state index in [1.54, 1.807) is 30.3 Å². The maximum absolute atomic E-state index is 10.8. The van der Waals surface area contributed by atoms with Crippen molar-refractivity contribution in [2.75, 3.05) is 14.2 Å². The van der Waals surface area contributed by atoms with Crippen LogP contribution in [0.3, 0.4) is 0 Å². The fraction of sp³-hybridized carbons (Fsp3) is 0.111. The van der Waals surface area contributed by atoms with Crippen LogP contribution in [-0.4, -0.2) is 36.4 Å². The Balaban J connectivity index is 0.000000243. The Hall–Kier alpha value is -3.28. The summed E-state index contributed by atoms with van der Waals surface area (Å²) in [6, 6.07) is 12.4. The molecule has 0 saturated heterocycles. The second kappa shape index (κ2) is 9.68. The van der Waals surface area contributed by atoms with Gasteiger partial charge in [-0.1, -0.05) is 12.1 Å². The van der Waals surface area contributed by atoms with Gasteiger partial charge in [0.2, 0.25) is 0 Å². The number of benzene rings is 2. The zero-order valence-corrected chi connectivity index (χ0v) is 13.3. The molecule has 0 aliphatic heterocycles. The number of hydrogen-bond acceptors (Lipinski definition) is 6. The van der Waals surface area contributed by atoms with Crippen LogP contribution in [0.15, 0.2) is 54.6 Å². The lowest BCUT2D eigenvalue weighted by atomic mass is 10.2. The van der Waals surface area contributed by atoms with Gasteiger partial charge < -0.3 is 19.7 Å². The summed E-state index contributed by atoms with van der Waals surface area (Å²) >= 11 is 0. The van der Waals surface area contributed by atoms with Crippen LogP contribution in [-0.2, 0) is 14.3 Å². The second-order valence-corrected chi connectivity index (χ2v) is 4.49. The number of rotatable bonds is 3. The summed E-state index contributed by atoms with van der Waals surface area (Å²) in [4.78, 5) is 21.5. The third-order valence-corrected chi connectivity index (χ3v) is 2.79. The molecule has 2 rings (SSSR count). The third-order valence-electron chi connectivity index (χ3n) is 2.79. The number of hydrogen-bond donors (Lipinski definition) is 2. The van der Waals surface area contributed by atoms with E-state index in [9.17, 15) is 9.59 Å². The molecule has 2 N–H and O–H groups in total. The molecule has 0 saturated carbocycles. The van der Waals surface area contributed by atoms with E-state index in [-0.39, 0.29) is 11.5 Å².